The molecule has 6 nitrogen and oxygen atoms in total. The third-order valence-electron chi connectivity index (χ3n) is 8.95. The van der Waals surface area contributed by atoms with Crippen LogP contribution in [-0.2, 0) is 14.0 Å². The number of hydrogen-bond donors (Lipinski definition) is 0. The van der Waals surface area contributed by atoms with Crippen molar-refractivity contribution in [3.05, 3.63) is 84.2 Å². The van der Waals surface area contributed by atoms with Crippen LogP contribution < -0.4 is 10.4 Å². The van der Waals surface area contributed by atoms with E-state index in [0.717, 1.165) is 0 Å². The Bertz CT molecular complexity index is 1310. The van der Waals surface area contributed by atoms with Crippen molar-refractivity contribution in [3.8, 4) is 0 Å². The Balaban J connectivity index is 1.76. The molecule has 1 heterocycles. The zero-order chi connectivity index (χ0) is 31.0. The topological polar surface area (TPSA) is 60.2 Å². The molecule has 1 fully saturated rings. The normalized spacial score (nSPS) is 24.4. The number of carbonyl (C=O) groups is 2. The van der Waals surface area contributed by atoms with Crippen LogP contribution in [0.25, 0.3) is 4.85 Å². The summed E-state index contributed by atoms with van der Waals surface area (Å²) in [6.07, 6.45) is 4.14. The molecule has 0 saturated carbocycles. The van der Waals surface area contributed by atoms with Gasteiger partial charge in [0.2, 0.25) is 0 Å². The molecule has 2 aliphatic rings. The molecule has 1 saturated heterocycles. The highest BCUT2D eigenvalue weighted by Crippen LogP contribution is 2.48. The summed E-state index contributed by atoms with van der Waals surface area (Å²) >= 11 is 0. The monoisotopic (exact) mass is 586 g/mol. The molecule has 0 radical (unpaired) electrons. The van der Waals surface area contributed by atoms with Crippen LogP contribution in [0.4, 0.5) is 4.79 Å². The molecule has 7 heteroatoms. The summed E-state index contributed by atoms with van der Waals surface area (Å²) in [4.78, 5) is 32.5. The third-order valence-corrected chi connectivity index (χ3v) is 14.0. The van der Waals surface area contributed by atoms with E-state index < -0.39 is 37.0 Å². The lowest BCUT2D eigenvalue weighted by molar-refractivity contribution is -0.127. The van der Waals surface area contributed by atoms with Gasteiger partial charge in [0.15, 0.2) is 5.78 Å². The van der Waals surface area contributed by atoms with Crippen molar-refractivity contribution in [2.24, 2.45) is 11.3 Å². The summed E-state index contributed by atoms with van der Waals surface area (Å²) in [7, 11) is -2.91. The van der Waals surface area contributed by atoms with Crippen LogP contribution in [0.15, 0.2) is 72.8 Å². The van der Waals surface area contributed by atoms with Crippen molar-refractivity contribution in [2.45, 2.75) is 97.1 Å². The van der Waals surface area contributed by atoms with Gasteiger partial charge in [-0.05, 0) is 48.7 Å². The average molecular weight is 587 g/mol. The minimum atomic E-state index is -2.91. The first-order chi connectivity index (χ1) is 19.6. The fraction of sp³-hybridized carbons (Fsp3) is 0.514. The summed E-state index contributed by atoms with van der Waals surface area (Å²) in [5, 5.41) is 2.12. The largest absolute Gasteiger partial charge is 0.444 e. The van der Waals surface area contributed by atoms with Gasteiger partial charge in [-0.3, -0.25) is 9.64 Å². The average Bonchev–Trinajstić information content (AvgIpc) is 3.34. The van der Waals surface area contributed by atoms with Crippen LogP contribution in [0.2, 0.25) is 5.04 Å². The maximum Gasteiger partial charge on any atom is 0.416 e. The molecule has 2 aromatic rings. The highest BCUT2D eigenvalue weighted by Gasteiger charge is 2.59. The van der Waals surface area contributed by atoms with Gasteiger partial charge in [-0.15, -0.1) is 0 Å². The van der Waals surface area contributed by atoms with Crippen LogP contribution in [0.5, 0.6) is 0 Å². The van der Waals surface area contributed by atoms with Gasteiger partial charge in [-0.25, -0.2) is 16.3 Å². The fourth-order valence-corrected chi connectivity index (χ4v) is 11.5. The lowest BCUT2D eigenvalue weighted by atomic mass is 9.66. The second kappa shape index (κ2) is 11.5. The fourth-order valence-electron chi connectivity index (χ4n) is 6.69. The third kappa shape index (κ3) is 5.84. The van der Waals surface area contributed by atoms with E-state index in [1.807, 2.05) is 39.0 Å². The Morgan fingerprint density at radius 3 is 2.02 bits per heavy atom. The number of nitrogens with zero attached hydrogens (tertiary/aromatic N) is 2. The maximum absolute atomic E-state index is 13.6. The van der Waals surface area contributed by atoms with Crippen molar-refractivity contribution in [1.82, 2.24) is 4.90 Å². The quantitative estimate of drug-likeness (QED) is 0.278. The van der Waals surface area contributed by atoms with Gasteiger partial charge in [0.05, 0.1) is 12.5 Å². The Morgan fingerprint density at radius 1 is 1.00 bits per heavy atom. The minimum absolute atomic E-state index is 0.0265. The number of likely N-dealkylation sites (tertiary alicyclic amines) is 1. The minimum Gasteiger partial charge on any atom is -0.444 e. The first kappa shape index (κ1) is 31.7. The van der Waals surface area contributed by atoms with E-state index in [-0.39, 0.29) is 23.3 Å². The van der Waals surface area contributed by atoms with E-state index in [1.165, 1.54) is 10.4 Å². The Kier molecular flexibility index (Phi) is 8.66. The maximum atomic E-state index is 13.6. The molecule has 0 N–H and O–H groups in total. The van der Waals surface area contributed by atoms with Crippen molar-refractivity contribution in [1.29, 1.82) is 0 Å². The molecule has 0 spiro atoms. The number of rotatable bonds is 6. The summed E-state index contributed by atoms with van der Waals surface area (Å²) in [6, 6.07) is 21.0. The van der Waals surface area contributed by atoms with Crippen molar-refractivity contribution < 1.29 is 18.8 Å². The molecular formula is C35H46N2O4Si. The molecule has 4 rings (SSSR count). The van der Waals surface area contributed by atoms with Gasteiger partial charge in [0.25, 0.3) is 8.32 Å². The smallest absolute Gasteiger partial charge is 0.416 e. The van der Waals surface area contributed by atoms with E-state index in [0.29, 0.717) is 19.4 Å². The van der Waals surface area contributed by atoms with Gasteiger partial charge in [-0.1, -0.05) is 101 Å². The van der Waals surface area contributed by atoms with Crippen LogP contribution in [0.1, 0.15) is 74.7 Å². The van der Waals surface area contributed by atoms with Crippen molar-refractivity contribution in [3.63, 3.8) is 0 Å². The molecule has 224 valence electrons. The second-order valence-electron chi connectivity index (χ2n) is 14.4. The molecule has 3 atom stereocenters. The number of carbonyl (C=O) groups excluding carboxylic acids is 2. The van der Waals surface area contributed by atoms with E-state index >= 15 is 0 Å². The summed E-state index contributed by atoms with van der Waals surface area (Å²) in [5.41, 5.74) is -2.45. The molecule has 2 aromatic carbocycles. The first-order valence-electron chi connectivity index (χ1n) is 15.0. The van der Waals surface area contributed by atoms with E-state index in [9.17, 15) is 9.59 Å². The van der Waals surface area contributed by atoms with Crippen LogP contribution in [-0.4, -0.2) is 49.0 Å². The molecule has 1 amide bonds. The van der Waals surface area contributed by atoms with Gasteiger partial charge in [0.1, 0.15) is 5.60 Å². The highest BCUT2D eigenvalue weighted by molar-refractivity contribution is 6.99. The van der Waals surface area contributed by atoms with Gasteiger partial charge >= 0.3 is 11.8 Å². The van der Waals surface area contributed by atoms with E-state index in [2.05, 4.69) is 88.0 Å². The summed E-state index contributed by atoms with van der Waals surface area (Å²) in [6.45, 7) is 25.0. The Morgan fingerprint density at radius 2 is 1.55 bits per heavy atom. The lowest BCUT2D eigenvalue weighted by Gasteiger charge is -2.50. The van der Waals surface area contributed by atoms with Gasteiger partial charge in [-0.2, -0.15) is 0 Å². The molecule has 0 unspecified atom stereocenters. The number of ether oxygens (including phenoxy) is 1. The van der Waals surface area contributed by atoms with E-state index in [4.69, 9.17) is 15.7 Å². The second-order valence-corrected chi connectivity index (χ2v) is 18.6. The lowest BCUT2D eigenvalue weighted by Crippen LogP contribution is -2.69. The van der Waals surface area contributed by atoms with Gasteiger partial charge < -0.3 is 9.16 Å². The van der Waals surface area contributed by atoms with E-state index in [1.54, 1.807) is 11.0 Å². The molecule has 0 bridgehead atoms. The van der Waals surface area contributed by atoms with Crippen molar-refractivity contribution in [2.75, 3.05) is 6.54 Å². The van der Waals surface area contributed by atoms with Crippen LogP contribution >= 0.6 is 0 Å². The number of ketones is 1. The first-order valence-corrected chi connectivity index (χ1v) is 16.9. The predicted octanol–water partition coefficient (Wildman–Crippen LogP) is 6.75. The standard InChI is InChI=1S/C35H46N2O4Si/c1-32(2,3)40-31(39)37-24-16-23-35(37,36-9)25-28-29(38)21-22-30(34(28,7)8)41-42(33(4,5)6,26-17-12-10-13-18-26)27-19-14-11-15-20-27/h10-15,17-22,28,30H,16,23-25H2,1-8H3/t28-,30-,35+/m1/s1. The zero-order valence-corrected chi connectivity index (χ0v) is 27.4. The Labute approximate surface area is 253 Å². The summed E-state index contributed by atoms with van der Waals surface area (Å²) in [5.74, 6) is -0.538. The molecule has 1 aliphatic heterocycles. The Hall–Kier alpha value is -3.21. The molecule has 42 heavy (non-hydrogen) atoms. The number of allylic oxidation sites excluding steroid dienone is 1. The van der Waals surface area contributed by atoms with Gasteiger partial charge in [0, 0.05) is 24.3 Å². The zero-order valence-electron chi connectivity index (χ0n) is 26.4. The van der Waals surface area contributed by atoms with Crippen LogP contribution in [0, 0.1) is 17.9 Å². The number of hydrogen-bond acceptors (Lipinski definition) is 4. The van der Waals surface area contributed by atoms with Crippen molar-refractivity contribution >= 4 is 30.6 Å². The summed E-state index contributed by atoms with van der Waals surface area (Å²) < 4.78 is 13.2. The SMILES string of the molecule is [C-]#[N+][C@@]1(C[C@@H]2C(=O)C=C[C@@H](O[Si](c3ccccc3)(c3ccccc3)C(C)(C)C)C2(C)C)CCCN1C(=O)OC(C)(C)C. The molecule has 0 aromatic heterocycles. The van der Waals surface area contributed by atoms with Crippen LogP contribution in [0.3, 0.4) is 0 Å². The molecular weight excluding hydrogens is 540 g/mol. The number of amides is 1. The number of benzene rings is 2. The predicted molar refractivity (Wildman–Crippen MR) is 170 cm³/mol. The molecule has 1 aliphatic carbocycles. The highest BCUT2D eigenvalue weighted by atomic mass is 28.4.